The molecular formula is C26H30N4O2. The second kappa shape index (κ2) is 7.62. The smallest absolute Gasteiger partial charge is 0.225 e. The van der Waals surface area contributed by atoms with Gasteiger partial charge in [0.1, 0.15) is 5.65 Å². The lowest BCUT2D eigenvalue weighted by Crippen LogP contribution is -2.49. The number of nitrogens with one attached hydrogen (secondary N) is 1. The van der Waals surface area contributed by atoms with Crippen LogP contribution in [0.25, 0.3) is 22.3 Å². The summed E-state index contributed by atoms with van der Waals surface area (Å²) in [4.78, 5) is 24.8. The number of benzene rings is 1. The minimum Gasteiger partial charge on any atom is -0.385 e. The van der Waals surface area contributed by atoms with Crippen molar-refractivity contribution in [3.8, 4) is 11.3 Å². The van der Waals surface area contributed by atoms with Gasteiger partial charge in [-0.2, -0.15) is 0 Å². The Morgan fingerprint density at radius 1 is 1.03 bits per heavy atom. The van der Waals surface area contributed by atoms with Crippen molar-refractivity contribution in [2.24, 2.45) is 5.92 Å². The molecule has 6 nitrogen and oxygen atoms in total. The summed E-state index contributed by atoms with van der Waals surface area (Å²) in [7, 11) is 0. The number of rotatable bonds is 4. The molecular weight excluding hydrogens is 400 g/mol. The highest BCUT2D eigenvalue weighted by Crippen LogP contribution is 2.39. The summed E-state index contributed by atoms with van der Waals surface area (Å²) < 4.78 is 0. The van der Waals surface area contributed by atoms with E-state index in [1.807, 2.05) is 11.1 Å². The van der Waals surface area contributed by atoms with Gasteiger partial charge in [-0.1, -0.05) is 37.1 Å². The van der Waals surface area contributed by atoms with Crippen molar-refractivity contribution in [1.82, 2.24) is 14.9 Å². The maximum absolute atomic E-state index is 12.4. The van der Waals surface area contributed by atoms with Crippen molar-refractivity contribution in [2.45, 2.75) is 44.1 Å². The molecule has 2 N–H and O–H groups in total. The lowest BCUT2D eigenvalue weighted by atomic mass is 9.91. The average Bonchev–Trinajstić information content (AvgIpc) is 3.43. The Balaban J connectivity index is 1.23. The van der Waals surface area contributed by atoms with Crippen LogP contribution in [0.2, 0.25) is 0 Å². The first-order valence-corrected chi connectivity index (χ1v) is 12.0. The number of aliphatic hydroxyl groups is 1. The van der Waals surface area contributed by atoms with Crippen LogP contribution in [0, 0.1) is 5.92 Å². The fourth-order valence-electron chi connectivity index (χ4n) is 5.41. The number of amides is 1. The third-order valence-electron chi connectivity index (χ3n) is 7.53. The Kier molecular flexibility index (Phi) is 4.72. The van der Waals surface area contributed by atoms with Gasteiger partial charge >= 0.3 is 0 Å². The van der Waals surface area contributed by atoms with Gasteiger partial charge in [0, 0.05) is 55.1 Å². The summed E-state index contributed by atoms with van der Waals surface area (Å²) in [5, 5.41) is 12.0. The van der Waals surface area contributed by atoms with Crippen LogP contribution in [-0.2, 0) is 10.4 Å². The van der Waals surface area contributed by atoms with Gasteiger partial charge in [0.2, 0.25) is 5.91 Å². The molecule has 0 radical (unpaired) electrons. The van der Waals surface area contributed by atoms with Gasteiger partial charge < -0.3 is 19.9 Å². The van der Waals surface area contributed by atoms with Crippen molar-refractivity contribution in [1.29, 1.82) is 0 Å². The zero-order valence-electron chi connectivity index (χ0n) is 18.4. The number of piperazine rings is 1. The SMILES string of the molecule is O=C(C1CC1)N1CCN(c2ccnc3[nH]c(-c4ccc(C5(O)CCCC5)cc4)cc23)CC1. The van der Waals surface area contributed by atoms with Gasteiger partial charge in [0.25, 0.3) is 0 Å². The second-order valence-electron chi connectivity index (χ2n) is 9.68. The number of carbonyl (C=O) groups is 1. The molecule has 2 aliphatic carbocycles. The molecule has 1 aliphatic heterocycles. The number of aromatic nitrogens is 2. The van der Waals surface area contributed by atoms with Crippen LogP contribution in [0.1, 0.15) is 44.1 Å². The molecule has 0 bridgehead atoms. The van der Waals surface area contributed by atoms with Gasteiger partial charge in [-0.25, -0.2) is 4.98 Å². The van der Waals surface area contributed by atoms with E-state index in [1.54, 1.807) is 0 Å². The van der Waals surface area contributed by atoms with E-state index in [2.05, 4.69) is 51.3 Å². The first kappa shape index (κ1) is 19.8. The van der Waals surface area contributed by atoms with Crippen LogP contribution in [-0.4, -0.2) is 52.1 Å². The van der Waals surface area contributed by atoms with Gasteiger partial charge in [-0.3, -0.25) is 4.79 Å². The van der Waals surface area contributed by atoms with E-state index < -0.39 is 5.60 Å². The highest BCUT2D eigenvalue weighted by molar-refractivity contribution is 5.94. The summed E-state index contributed by atoms with van der Waals surface area (Å²) in [5.74, 6) is 0.640. The second-order valence-corrected chi connectivity index (χ2v) is 9.68. The van der Waals surface area contributed by atoms with E-state index in [1.165, 1.54) is 5.69 Å². The topological polar surface area (TPSA) is 72.5 Å². The average molecular weight is 431 g/mol. The lowest BCUT2D eigenvalue weighted by molar-refractivity contribution is -0.132. The number of anilines is 1. The maximum atomic E-state index is 12.4. The lowest BCUT2D eigenvalue weighted by Gasteiger charge is -2.36. The predicted octanol–water partition coefficient (Wildman–Crippen LogP) is 4.05. The summed E-state index contributed by atoms with van der Waals surface area (Å²) in [6.07, 6.45) is 7.89. The normalized spacial score (nSPS) is 20.8. The van der Waals surface area contributed by atoms with Gasteiger partial charge in [0.15, 0.2) is 0 Å². The molecule has 2 saturated carbocycles. The number of fused-ring (bicyclic) bond motifs is 1. The zero-order chi connectivity index (χ0) is 21.7. The van der Waals surface area contributed by atoms with Crippen LogP contribution >= 0.6 is 0 Å². The molecule has 1 amide bonds. The fourth-order valence-corrected chi connectivity index (χ4v) is 5.41. The number of pyridine rings is 1. The van der Waals surface area contributed by atoms with E-state index in [9.17, 15) is 9.90 Å². The molecule has 0 unspecified atom stereocenters. The largest absolute Gasteiger partial charge is 0.385 e. The van der Waals surface area contributed by atoms with E-state index in [4.69, 9.17) is 0 Å². The van der Waals surface area contributed by atoms with E-state index in [0.717, 1.165) is 92.6 Å². The van der Waals surface area contributed by atoms with Crippen LogP contribution in [0.15, 0.2) is 42.6 Å². The predicted molar refractivity (Wildman–Crippen MR) is 125 cm³/mol. The molecule has 3 heterocycles. The van der Waals surface area contributed by atoms with Crippen molar-refractivity contribution >= 4 is 22.6 Å². The molecule has 3 aliphatic rings. The number of H-pyrrole nitrogens is 1. The highest BCUT2D eigenvalue weighted by atomic mass is 16.3. The monoisotopic (exact) mass is 430 g/mol. The van der Waals surface area contributed by atoms with Crippen LogP contribution < -0.4 is 4.90 Å². The van der Waals surface area contributed by atoms with Crippen LogP contribution in [0.3, 0.4) is 0 Å². The zero-order valence-corrected chi connectivity index (χ0v) is 18.4. The molecule has 6 heteroatoms. The fraction of sp³-hybridized carbons (Fsp3) is 0.462. The van der Waals surface area contributed by atoms with Crippen LogP contribution in [0.4, 0.5) is 5.69 Å². The Labute approximate surface area is 188 Å². The number of nitrogens with zero attached hydrogens (tertiary/aromatic N) is 3. The molecule has 166 valence electrons. The summed E-state index contributed by atoms with van der Waals surface area (Å²) in [5.41, 5.74) is 4.55. The number of hydrogen-bond acceptors (Lipinski definition) is 4. The number of carbonyl (C=O) groups excluding carboxylic acids is 1. The Bertz CT molecular complexity index is 1130. The van der Waals surface area contributed by atoms with Crippen molar-refractivity contribution in [2.75, 3.05) is 31.1 Å². The van der Waals surface area contributed by atoms with Crippen LogP contribution in [0.5, 0.6) is 0 Å². The standard InChI is InChI=1S/C26H30N4O2/c31-25(19-3-4-19)30-15-13-29(14-16-30)23-9-12-27-24-21(23)17-22(28-24)18-5-7-20(8-6-18)26(32)10-1-2-11-26/h5-9,12,17,19,32H,1-4,10-11,13-16H2,(H,27,28). The van der Waals surface area contributed by atoms with Gasteiger partial charge in [-0.05, 0) is 48.9 Å². The van der Waals surface area contributed by atoms with Crippen molar-refractivity contribution in [3.63, 3.8) is 0 Å². The molecule has 32 heavy (non-hydrogen) atoms. The Morgan fingerprint density at radius 3 is 2.44 bits per heavy atom. The first-order chi connectivity index (χ1) is 15.6. The summed E-state index contributed by atoms with van der Waals surface area (Å²) in [6.45, 7) is 3.29. The van der Waals surface area contributed by atoms with Crippen molar-refractivity contribution in [3.05, 3.63) is 48.2 Å². The minimum absolute atomic E-state index is 0.294. The first-order valence-electron chi connectivity index (χ1n) is 12.0. The summed E-state index contributed by atoms with van der Waals surface area (Å²) >= 11 is 0. The summed E-state index contributed by atoms with van der Waals surface area (Å²) in [6, 6.07) is 12.6. The molecule has 6 rings (SSSR count). The quantitative estimate of drug-likeness (QED) is 0.655. The molecule has 3 aromatic rings. The Morgan fingerprint density at radius 2 is 1.75 bits per heavy atom. The molecule has 3 fully saturated rings. The molecule has 2 aromatic heterocycles. The number of aromatic amines is 1. The maximum Gasteiger partial charge on any atom is 0.225 e. The molecule has 0 atom stereocenters. The van der Waals surface area contributed by atoms with Gasteiger partial charge in [-0.15, -0.1) is 0 Å². The third kappa shape index (κ3) is 3.47. The molecule has 1 aromatic carbocycles. The molecule has 0 spiro atoms. The molecule has 1 saturated heterocycles. The minimum atomic E-state index is -0.656. The third-order valence-corrected chi connectivity index (χ3v) is 7.53. The Hall–Kier alpha value is -2.86. The highest BCUT2D eigenvalue weighted by Gasteiger charge is 2.35. The van der Waals surface area contributed by atoms with Gasteiger partial charge in [0.05, 0.1) is 5.60 Å². The number of hydrogen-bond donors (Lipinski definition) is 2. The van der Waals surface area contributed by atoms with E-state index in [-0.39, 0.29) is 0 Å². The van der Waals surface area contributed by atoms with E-state index >= 15 is 0 Å². The van der Waals surface area contributed by atoms with Crippen molar-refractivity contribution < 1.29 is 9.90 Å². The van der Waals surface area contributed by atoms with E-state index in [0.29, 0.717) is 11.8 Å².